The molecule has 0 aliphatic heterocycles. The fourth-order valence-electron chi connectivity index (χ4n) is 2.86. The predicted molar refractivity (Wildman–Crippen MR) is 109 cm³/mol. The SMILES string of the molecule is COCOc1c(C)cc(C)cc1Pc1c(C)cccc1CNC(C)C. The fourth-order valence-corrected chi connectivity index (χ4v) is 4.42. The summed E-state index contributed by atoms with van der Waals surface area (Å²) >= 11 is 0. The van der Waals surface area contributed by atoms with E-state index in [0.29, 0.717) is 14.6 Å². The number of hydrogen-bond donors (Lipinski definition) is 1. The van der Waals surface area contributed by atoms with Gasteiger partial charge in [0.25, 0.3) is 0 Å². The van der Waals surface area contributed by atoms with Crippen molar-refractivity contribution < 1.29 is 9.47 Å². The largest absolute Gasteiger partial charge is 0.467 e. The van der Waals surface area contributed by atoms with Crippen LogP contribution in [-0.4, -0.2) is 19.9 Å². The monoisotopic (exact) mass is 359 g/mol. The zero-order valence-electron chi connectivity index (χ0n) is 16.2. The molecule has 0 saturated carbocycles. The Labute approximate surface area is 153 Å². The van der Waals surface area contributed by atoms with Gasteiger partial charge in [0, 0.05) is 25.0 Å². The molecule has 4 heteroatoms. The third-order valence-electron chi connectivity index (χ3n) is 4.06. The second kappa shape index (κ2) is 9.33. The predicted octanol–water partition coefficient (Wildman–Crippen LogP) is 3.72. The highest BCUT2D eigenvalue weighted by atomic mass is 31.1. The summed E-state index contributed by atoms with van der Waals surface area (Å²) in [5.74, 6) is 0.955. The van der Waals surface area contributed by atoms with Crippen LogP contribution in [0.25, 0.3) is 0 Å². The molecule has 1 N–H and O–H groups in total. The molecule has 0 spiro atoms. The molecular formula is C21H30NO2P. The van der Waals surface area contributed by atoms with Gasteiger partial charge in [0.05, 0.1) is 0 Å². The zero-order valence-corrected chi connectivity index (χ0v) is 17.2. The van der Waals surface area contributed by atoms with Crippen LogP contribution < -0.4 is 20.7 Å². The van der Waals surface area contributed by atoms with Gasteiger partial charge in [-0.25, -0.2) is 0 Å². The van der Waals surface area contributed by atoms with E-state index in [9.17, 15) is 0 Å². The van der Waals surface area contributed by atoms with Crippen LogP contribution in [0.4, 0.5) is 0 Å². The molecule has 2 aromatic rings. The number of ether oxygens (including phenoxy) is 2. The number of rotatable bonds is 8. The molecule has 0 radical (unpaired) electrons. The molecule has 136 valence electrons. The molecule has 0 aromatic heterocycles. The lowest BCUT2D eigenvalue weighted by atomic mass is 10.1. The Morgan fingerprint density at radius 3 is 2.52 bits per heavy atom. The summed E-state index contributed by atoms with van der Waals surface area (Å²) in [7, 11) is 2.22. The molecule has 0 aliphatic carbocycles. The minimum atomic E-state index is 0.275. The molecule has 1 unspecified atom stereocenters. The first kappa shape index (κ1) is 19.9. The molecule has 0 amide bonds. The van der Waals surface area contributed by atoms with Crippen molar-refractivity contribution in [2.45, 2.75) is 47.2 Å². The highest BCUT2D eigenvalue weighted by molar-refractivity contribution is 7.56. The van der Waals surface area contributed by atoms with Crippen molar-refractivity contribution in [3.63, 3.8) is 0 Å². The highest BCUT2D eigenvalue weighted by Crippen LogP contribution is 2.27. The van der Waals surface area contributed by atoms with Crippen LogP contribution in [0.15, 0.2) is 30.3 Å². The summed E-state index contributed by atoms with van der Waals surface area (Å²) < 4.78 is 11.0. The maximum atomic E-state index is 5.89. The van der Waals surface area contributed by atoms with Gasteiger partial charge < -0.3 is 14.8 Å². The molecule has 0 bridgehead atoms. The first-order valence-electron chi connectivity index (χ1n) is 8.74. The highest BCUT2D eigenvalue weighted by Gasteiger charge is 2.13. The van der Waals surface area contributed by atoms with Crippen molar-refractivity contribution in [3.05, 3.63) is 52.6 Å². The standard InChI is InChI=1S/C21H30NO2P/c1-14(2)22-12-18-9-7-8-16(4)21(18)25-19-11-15(3)10-17(5)20(19)24-13-23-6/h7-11,14,22,25H,12-13H2,1-6H3. The van der Waals surface area contributed by atoms with Crippen LogP contribution in [-0.2, 0) is 11.3 Å². The van der Waals surface area contributed by atoms with Crippen molar-refractivity contribution in [3.8, 4) is 5.75 Å². The van der Waals surface area contributed by atoms with Gasteiger partial charge in [-0.2, -0.15) is 0 Å². The molecule has 0 aliphatic rings. The molecule has 1 atom stereocenters. The van der Waals surface area contributed by atoms with Crippen LogP contribution in [0.1, 0.15) is 36.1 Å². The van der Waals surface area contributed by atoms with E-state index >= 15 is 0 Å². The van der Waals surface area contributed by atoms with Crippen molar-refractivity contribution in [1.29, 1.82) is 0 Å². The molecular weight excluding hydrogens is 329 g/mol. The van der Waals surface area contributed by atoms with Gasteiger partial charge in [-0.15, -0.1) is 0 Å². The average Bonchev–Trinajstić information content (AvgIpc) is 2.54. The minimum absolute atomic E-state index is 0.275. The van der Waals surface area contributed by atoms with Gasteiger partial charge in [0.2, 0.25) is 0 Å². The summed E-state index contributed by atoms with van der Waals surface area (Å²) in [5, 5.41) is 6.19. The number of aryl methyl sites for hydroxylation is 3. The third kappa shape index (κ3) is 5.54. The van der Waals surface area contributed by atoms with Crippen LogP contribution in [0, 0.1) is 20.8 Å². The Hall–Kier alpha value is -1.41. The molecule has 25 heavy (non-hydrogen) atoms. The normalized spacial score (nSPS) is 11.6. The van der Waals surface area contributed by atoms with Crippen molar-refractivity contribution in [2.75, 3.05) is 13.9 Å². The van der Waals surface area contributed by atoms with Gasteiger partial charge in [0.15, 0.2) is 6.79 Å². The number of benzene rings is 2. The van der Waals surface area contributed by atoms with Crippen molar-refractivity contribution >= 4 is 19.2 Å². The Bertz CT molecular complexity index is 713. The number of methoxy groups -OCH3 is 1. The Morgan fingerprint density at radius 1 is 1.08 bits per heavy atom. The first-order valence-corrected chi connectivity index (χ1v) is 9.74. The van der Waals surface area contributed by atoms with E-state index in [1.807, 2.05) is 0 Å². The Kier molecular flexibility index (Phi) is 7.43. The lowest BCUT2D eigenvalue weighted by molar-refractivity contribution is 0.0514. The van der Waals surface area contributed by atoms with E-state index in [4.69, 9.17) is 9.47 Å². The van der Waals surface area contributed by atoms with Gasteiger partial charge in [0.1, 0.15) is 5.75 Å². The summed E-state index contributed by atoms with van der Waals surface area (Å²) in [6.07, 6.45) is 0. The second-order valence-corrected chi connectivity index (χ2v) is 8.07. The van der Waals surface area contributed by atoms with E-state index < -0.39 is 0 Å². The van der Waals surface area contributed by atoms with E-state index in [1.165, 1.54) is 27.3 Å². The quantitative estimate of drug-likeness (QED) is 0.576. The lowest BCUT2D eigenvalue weighted by Crippen LogP contribution is -2.25. The first-order chi connectivity index (χ1) is 11.9. The maximum absolute atomic E-state index is 5.89. The Morgan fingerprint density at radius 2 is 1.84 bits per heavy atom. The Balaban J connectivity index is 2.39. The van der Waals surface area contributed by atoms with Crippen LogP contribution >= 0.6 is 8.58 Å². The molecule has 0 fully saturated rings. The lowest BCUT2D eigenvalue weighted by Gasteiger charge is -2.19. The molecule has 3 nitrogen and oxygen atoms in total. The number of nitrogens with one attached hydrogen (secondary N) is 1. The van der Waals surface area contributed by atoms with Gasteiger partial charge in [-0.3, -0.25) is 0 Å². The van der Waals surface area contributed by atoms with Gasteiger partial charge >= 0.3 is 0 Å². The van der Waals surface area contributed by atoms with E-state index in [0.717, 1.165) is 17.9 Å². The molecule has 2 aromatic carbocycles. The van der Waals surface area contributed by atoms with Crippen LogP contribution in [0.2, 0.25) is 0 Å². The smallest absolute Gasteiger partial charge is 0.188 e. The van der Waals surface area contributed by atoms with Crippen molar-refractivity contribution in [2.24, 2.45) is 0 Å². The molecule has 2 rings (SSSR count). The van der Waals surface area contributed by atoms with Gasteiger partial charge in [-0.1, -0.05) is 46.7 Å². The van der Waals surface area contributed by atoms with Crippen LogP contribution in [0.5, 0.6) is 5.75 Å². The topological polar surface area (TPSA) is 30.5 Å². The van der Waals surface area contributed by atoms with Crippen molar-refractivity contribution in [1.82, 2.24) is 5.32 Å². The summed E-state index contributed by atoms with van der Waals surface area (Å²) in [5.41, 5.74) is 5.12. The zero-order chi connectivity index (χ0) is 18.4. The minimum Gasteiger partial charge on any atom is -0.467 e. The molecule has 0 heterocycles. The fraction of sp³-hybridized carbons (Fsp3) is 0.429. The third-order valence-corrected chi connectivity index (χ3v) is 5.67. The van der Waals surface area contributed by atoms with E-state index in [-0.39, 0.29) is 6.79 Å². The second-order valence-electron chi connectivity index (χ2n) is 6.78. The summed E-state index contributed by atoms with van der Waals surface area (Å²) in [6.45, 7) is 12.0. The molecule has 0 saturated heterocycles. The number of hydrogen-bond acceptors (Lipinski definition) is 3. The average molecular weight is 359 g/mol. The summed E-state index contributed by atoms with van der Waals surface area (Å²) in [4.78, 5) is 0. The van der Waals surface area contributed by atoms with E-state index in [2.05, 4.69) is 70.3 Å². The van der Waals surface area contributed by atoms with Gasteiger partial charge in [-0.05, 0) is 54.4 Å². The van der Waals surface area contributed by atoms with E-state index in [1.54, 1.807) is 7.11 Å². The maximum Gasteiger partial charge on any atom is 0.188 e. The van der Waals surface area contributed by atoms with Crippen LogP contribution in [0.3, 0.4) is 0 Å². The summed E-state index contributed by atoms with van der Waals surface area (Å²) in [6, 6.07) is 11.4.